The molecular weight excluding hydrogens is 430 g/mol. The SMILES string of the molecule is CCN(CC)CCCNC(=O)Cn1nc(C)n2c(c(Br)c3sccc32)c1=O. The van der Waals surface area contributed by atoms with Gasteiger partial charge in [-0.1, -0.05) is 13.8 Å². The number of carbonyl (C=O) groups excluding carboxylic acids is 1. The topological polar surface area (TPSA) is 71.6 Å². The van der Waals surface area contributed by atoms with Gasteiger partial charge >= 0.3 is 0 Å². The number of carbonyl (C=O) groups is 1. The molecule has 27 heavy (non-hydrogen) atoms. The Bertz CT molecular complexity index is 1020. The zero-order valence-corrected chi connectivity index (χ0v) is 18.2. The van der Waals surface area contributed by atoms with Crippen molar-refractivity contribution in [1.29, 1.82) is 0 Å². The highest BCUT2D eigenvalue weighted by molar-refractivity contribution is 9.11. The van der Waals surface area contributed by atoms with Crippen molar-refractivity contribution in [3.8, 4) is 0 Å². The second kappa shape index (κ2) is 8.53. The van der Waals surface area contributed by atoms with Gasteiger partial charge in [-0.25, -0.2) is 4.68 Å². The molecular formula is C18H24BrN5O2S. The third kappa shape index (κ3) is 3.95. The fraction of sp³-hybridized carbons (Fsp3) is 0.500. The minimum atomic E-state index is -0.269. The monoisotopic (exact) mass is 453 g/mol. The van der Waals surface area contributed by atoms with Gasteiger partial charge in [-0.05, 0) is 60.4 Å². The van der Waals surface area contributed by atoms with Crippen molar-refractivity contribution < 1.29 is 4.79 Å². The Kier molecular flexibility index (Phi) is 6.33. The highest BCUT2D eigenvalue weighted by Gasteiger charge is 2.19. The molecule has 0 radical (unpaired) electrons. The number of aromatic nitrogens is 3. The summed E-state index contributed by atoms with van der Waals surface area (Å²) >= 11 is 5.11. The summed E-state index contributed by atoms with van der Waals surface area (Å²) in [6.45, 7) is 9.58. The van der Waals surface area contributed by atoms with Crippen molar-refractivity contribution in [1.82, 2.24) is 24.4 Å². The van der Waals surface area contributed by atoms with E-state index in [1.165, 1.54) is 4.68 Å². The number of rotatable bonds is 8. The van der Waals surface area contributed by atoms with E-state index >= 15 is 0 Å². The molecule has 0 atom stereocenters. The smallest absolute Gasteiger partial charge is 0.292 e. The average Bonchev–Trinajstić information content (AvgIpc) is 3.22. The van der Waals surface area contributed by atoms with Gasteiger partial charge < -0.3 is 10.2 Å². The molecule has 0 bridgehead atoms. The number of halogens is 1. The Morgan fingerprint density at radius 1 is 1.37 bits per heavy atom. The van der Waals surface area contributed by atoms with Crippen molar-refractivity contribution in [3.05, 3.63) is 32.1 Å². The fourth-order valence-electron chi connectivity index (χ4n) is 3.25. The first kappa shape index (κ1) is 20.0. The van der Waals surface area contributed by atoms with Crippen molar-refractivity contribution >= 4 is 48.9 Å². The summed E-state index contributed by atoms with van der Waals surface area (Å²) in [4.78, 5) is 27.4. The molecule has 1 N–H and O–H groups in total. The summed E-state index contributed by atoms with van der Waals surface area (Å²) in [5, 5.41) is 9.22. The van der Waals surface area contributed by atoms with Crippen LogP contribution < -0.4 is 10.9 Å². The van der Waals surface area contributed by atoms with Crippen LogP contribution in [0.25, 0.3) is 15.7 Å². The van der Waals surface area contributed by atoms with Crippen LogP contribution in [0.15, 0.2) is 20.7 Å². The number of fused-ring (bicyclic) bond motifs is 3. The van der Waals surface area contributed by atoms with Crippen LogP contribution in [0.1, 0.15) is 26.1 Å². The van der Waals surface area contributed by atoms with Gasteiger partial charge in [0, 0.05) is 6.54 Å². The lowest BCUT2D eigenvalue weighted by Gasteiger charge is -2.17. The first-order chi connectivity index (χ1) is 13.0. The molecule has 146 valence electrons. The number of nitrogens with one attached hydrogen (secondary N) is 1. The minimum Gasteiger partial charge on any atom is -0.354 e. The van der Waals surface area contributed by atoms with E-state index in [2.05, 4.69) is 45.1 Å². The van der Waals surface area contributed by atoms with Crippen molar-refractivity contribution in [2.24, 2.45) is 0 Å². The van der Waals surface area contributed by atoms with Crippen LogP contribution in [0.5, 0.6) is 0 Å². The summed E-state index contributed by atoms with van der Waals surface area (Å²) in [6.07, 6.45) is 0.883. The molecule has 3 aromatic heterocycles. The maximum atomic E-state index is 12.9. The molecule has 3 aromatic rings. The summed E-state index contributed by atoms with van der Waals surface area (Å²) < 4.78 is 4.86. The first-order valence-corrected chi connectivity index (χ1v) is 10.8. The Morgan fingerprint density at radius 3 is 2.81 bits per heavy atom. The number of nitrogens with zero attached hydrogens (tertiary/aromatic N) is 4. The molecule has 0 aromatic carbocycles. The van der Waals surface area contributed by atoms with E-state index in [1.54, 1.807) is 11.3 Å². The normalized spacial score (nSPS) is 11.7. The summed E-state index contributed by atoms with van der Waals surface area (Å²) in [5.41, 5.74) is 1.21. The van der Waals surface area contributed by atoms with Crippen molar-refractivity contribution in [3.63, 3.8) is 0 Å². The molecule has 3 rings (SSSR count). The lowest BCUT2D eigenvalue weighted by atomic mass is 10.3. The predicted octanol–water partition coefficient (Wildman–Crippen LogP) is 2.63. The average molecular weight is 454 g/mol. The number of thiophene rings is 1. The van der Waals surface area contributed by atoms with E-state index < -0.39 is 0 Å². The van der Waals surface area contributed by atoms with Gasteiger partial charge in [0.1, 0.15) is 17.9 Å². The molecule has 3 heterocycles. The number of hydrogen-bond donors (Lipinski definition) is 1. The quantitative estimate of drug-likeness (QED) is 0.532. The van der Waals surface area contributed by atoms with Gasteiger partial charge in [0.15, 0.2) is 0 Å². The largest absolute Gasteiger partial charge is 0.354 e. The van der Waals surface area contributed by atoms with Gasteiger partial charge in [-0.3, -0.25) is 14.0 Å². The number of aryl methyl sites for hydroxylation is 1. The summed E-state index contributed by atoms with van der Waals surface area (Å²) in [7, 11) is 0. The minimum absolute atomic E-state index is 0.0767. The van der Waals surface area contributed by atoms with E-state index in [1.807, 2.05) is 22.8 Å². The van der Waals surface area contributed by atoms with Gasteiger partial charge in [0.05, 0.1) is 14.7 Å². The molecule has 0 fully saturated rings. The Balaban J connectivity index is 1.74. The van der Waals surface area contributed by atoms with Gasteiger partial charge in [0.25, 0.3) is 5.56 Å². The van der Waals surface area contributed by atoms with E-state index in [0.717, 1.165) is 40.7 Å². The molecule has 0 aliphatic rings. The third-order valence-electron chi connectivity index (χ3n) is 4.70. The molecule has 0 spiro atoms. The lowest BCUT2D eigenvalue weighted by molar-refractivity contribution is -0.121. The second-order valence-electron chi connectivity index (χ2n) is 6.37. The molecule has 9 heteroatoms. The van der Waals surface area contributed by atoms with Crippen LogP contribution in [0.4, 0.5) is 0 Å². The van der Waals surface area contributed by atoms with E-state index in [0.29, 0.717) is 17.9 Å². The third-order valence-corrected chi connectivity index (χ3v) is 6.66. The zero-order chi connectivity index (χ0) is 19.6. The molecule has 7 nitrogen and oxygen atoms in total. The van der Waals surface area contributed by atoms with Crippen LogP contribution in [-0.4, -0.2) is 51.2 Å². The maximum absolute atomic E-state index is 12.9. The maximum Gasteiger partial charge on any atom is 0.292 e. The highest BCUT2D eigenvalue weighted by atomic mass is 79.9. The van der Waals surface area contributed by atoms with Gasteiger partial charge in [-0.2, -0.15) is 5.10 Å². The fourth-order valence-corrected chi connectivity index (χ4v) is 4.89. The van der Waals surface area contributed by atoms with Crippen LogP contribution in [0.3, 0.4) is 0 Å². The molecule has 0 aliphatic heterocycles. The van der Waals surface area contributed by atoms with Gasteiger partial charge in [-0.15, -0.1) is 11.3 Å². The van der Waals surface area contributed by atoms with Crippen LogP contribution >= 0.6 is 27.3 Å². The first-order valence-electron chi connectivity index (χ1n) is 9.11. The number of hydrogen-bond acceptors (Lipinski definition) is 5. The van der Waals surface area contributed by atoms with E-state index in [9.17, 15) is 9.59 Å². The van der Waals surface area contributed by atoms with Crippen LogP contribution in [-0.2, 0) is 11.3 Å². The van der Waals surface area contributed by atoms with E-state index in [-0.39, 0.29) is 18.0 Å². The van der Waals surface area contributed by atoms with Crippen LogP contribution in [0.2, 0.25) is 0 Å². The predicted molar refractivity (Wildman–Crippen MR) is 113 cm³/mol. The highest BCUT2D eigenvalue weighted by Crippen LogP contribution is 2.34. The Morgan fingerprint density at radius 2 is 2.11 bits per heavy atom. The Labute approximate surface area is 170 Å². The molecule has 1 amide bonds. The zero-order valence-electron chi connectivity index (χ0n) is 15.8. The standard InChI is InChI=1S/C18H24BrN5O2S/c1-4-22(5-2)9-6-8-20-14(25)11-23-18(26)16-15(19)17-13(7-10-27-17)24(16)12(3)21-23/h7,10H,4-6,8-9,11H2,1-3H3,(H,20,25). The van der Waals surface area contributed by atoms with Gasteiger partial charge in [0.2, 0.25) is 5.91 Å². The summed E-state index contributed by atoms with van der Waals surface area (Å²) in [5.74, 6) is 0.477. The Hall–Kier alpha value is -1.71. The van der Waals surface area contributed by atoms with Crippen LogP contribution in [0, 0.1) is 6.92 Å². The summed E-state index contributed by atoms with van der Waals surface area (Å²) in [6, 6.07) is 1.97. The molecule has 0 saturated heterocycles. The number of amides is 1. The molecule has 0 aliphatic carbocycles. The van der Waals surface area contributed by atoms with Crippen molar-refractivity contribution in [2.45, 2.75) is 33.7 Å². The van der Waals surface area contributed by atoms with Crippen molar-refractivity contribution in [2.75, 3.05) is 26.2 Å². The molecule has 0 saturated carbocycles. The molecule has 0 unspecified atom stereocenters. The lowest BCUT2D eigenvalue weighted by Crippen LogP contribution is -2.36. The van der Waals surface area contributed by atoms with E-state index in [4.69, 9.17) is 0 Å². The second-order valence-corrected chi connectivity index (χ2v) is 8.08.